The maximum absolute atomic E-state index is 2.50. The standard InChI is InChI=1S/C10H21N/c1-8(2)9-6-10(3,4)7-11(9)5/h8-9H,6-7H2,1-5H3/t9-/m1/s1. The van der Waals surface area contributed by atoms with Crippen LogP contribution >= 0.6 is 0 Å². The second-order valence-electron chi connectivity index (χ2n) is 5.09. The van der Waals surface area contributed by atoms with Gasteiger partial charge in [0.1, 0.15) is 0 Å². The van der Waals surface area contributed by atoms with Crippen molar-refractivity contribution in [2.24, 2.45) is 11.3 Å². The molecule has 1 atom stereocenters. The molecule has 0 aromatic rings. The van der Waals surface area contributed by atoms with Crippen LogP contribution in [0.3, 0.4) is 0 Å². The van der Waals surface area contributed by atoms with Gasteiger partial charge in [0.15, 0.2) is 0 Å². The van der Waals surface area contributed by atoms with Crippen LogP contribution in [0, 0.1) is 11.3 Å². The summed E-state index contributed by atoms with van der Waals surface area (Å²) < 4.78 is 0. The summed E-state index contributed by atoms with van der Waals surface area (Å²) in [5.41, 5.74) is 0.545. The number of nitrogens with zero attached hydrogens (tertiary/aromatic N) is 1. The van der Waals surface area contributed by atoms with Gasteiger partial charge >= 0.3 is 0 Å². The Balaban J connectivity index is 2.59. The summed E-state index contributed by atoms with van der Waals surface area (Å²) in [6, 6.07) is 0.810. The van der Waals surface area contributed by atoms with Crippen molar-refractivity contribution in [1.82, 2.24) is 4.90 Å². The summed E-state index contributed by atoms with van der Waals surface area (Å²) in [4.78, 5) is 2.50. The Hall–Kier alpha value is -0.0400. The third-order valence-electron chi connectivity index (χ3n) is 2.77. The molecule has 0 aliphatic carbocycles. The van der Waals surface area contributed by atoms with Crippen molar-refractivity contribution in [2.45, 2.75) is 40.2 Å². The van der Waals surface area contributed by atoms with Crippen molar-refractivity contribution in [3.05, 3.63) is 0 Å². The van der Waals surface area contributed by atoms with Crippen LogP contribution in [0.4, 0.5) is 0 Å². The quantitative estimate of drug-likeness (QED) is 0.562. The van der Waals surface area contributed by atoms with Gasteiger partial charge in [-0.2, -0.15) is 0 Å². The van der Waals surface area contributed by atoms with Crippen LogP contribution in [0.5, 0.6) is 0 Å². The van der Waals surface area contributed by atoms with Gasteiger partial charge in [0.05, 0.1) is 0 Å². The molecule has 0 bridgehead atoms. The molecule has 11 heavy (non-hydrogen) atoms. The third-order valence-corrected chi connectivity index (χ3v) is 2.77. The molecule has 0 saturated carbocycles. The van der Waals surface area contributed by atoms with Crippen LogP contribution in [-0.4, -0.2) is 24.5 Å². The highest BCUT2D eigenvalue weighted by Gasteiger charge is 2.36. The SMILES string of the molecule is CC(C)[C@H]1CC(C)(C)CN1C. The van der Waals surface area contributed by atoms with Crippen LogP contribution in [0.25, 0.3) is 0 Å². The van der Waals surface area contributed by atoms with E-state index >= 15 is 0 Å². The first-order chi connectivity index (χ1) is 4.92. The first-order valence-corrected chi connectivity index (χ1v) is 4.63. The molecule has 0 radical (unpaired) electrons. The minimum atomic E-state index is 0.545. The lowest BCUT2D eigenvalue weighted by Gasteiger charge is -2.22. The summed E-state index contributed by atoms with van der Waals surface area (Å²) >= 11 is 0. The van der Waals surface area contributed by atoms with E-state index < -0.39 is 0 Å². The van der Waals surface area contributed by atoms with E-state index in [0.717, 1.165) is 12.0 Å². The zero-order valence-electron chi connectivity index (χ0n) is 8.52. The normalized spacial score (nSPS) is 31.6. The molecule has 1 nitrogen and oxygen atoms in total. The summed E-state index contributed by atoms with van der Waals surface area (Å²) in [6.07, 6.45) is 1.36. The van der Waals surface area contributed by atoms with Gasteiger partial charge in [0.25, 0.3) is 0 Å². The summed E-state index contributed by atoms with van der Waals surface area (Å²) in [5, 5.41) is 0. The first kappa shape index (κ1) is 9.05. The fraction of sp³-hybridized carbons (Fsp3) is 1.00. The Morgan fingerprint density at radius 3 is 2.09 bits per heavy atom. The molecule has 1 aliphatic heterocycles. The van der Waals surface area contributed by atoms with Crippen molar-refractivity contribution >= 4 is 0 Å². The number of hydrogen-bond acceptors (Lipinski definition) is 1. The van der Waals surface area contributed by atoms with Gasteiger partial charge in [-0.05, 0) is 24.8 Å². The highest BCUT2D eigenvalue weighted by atomic mass is 15.2. The third kappa shape index (κ3) is 1.96. The van der Waals surface area contributed by atoms with Gasteiger partial charge in [-0.3, -0.25) is 0 Å². The van der Waals surface area contributed by atoms with Crippen molar-refractivity contribution in [2.75, 3.05) is 13.6 Å². The zero-order valence-corrected chi connectivity index (χ0v) is 8.52. The van der Waals surface area contributed by atoms with Crippen molar-refractivity contribution in [1.29, 1.82) is 0 Å². The lowest BCUT2D eigenvalue weighted by molar-refractivity contribution is 0.248. The molecule has 1 saturated heterocycles. The molecule has 1 rings (SSSR count). The molecular weight excluding hydrogens is 134 g/mol. The maximum Gasteiger partial charge on any atom is 0.0121 e. The summed E-state index contributed by atoms with van der Waals surface area (Å²) in [6.45, 7) is 10.6. The van der Waals surface area contributed by atoms with Gasteiger partial charge in [-0.1, -0.05) is 27.7 Å². The molecular formula is C10H21N. The highest BCUT2D eigenvalue weighted by molar-refractivity contribution is 4.90. The number of rotatable bonds is 1. The molecule has 66 valence electrons. The van der Waals surface area contributed by atoms with Crippen molar-refractivity contribution < 1.29 is 0 Å². The Morgan fingerprint density at radius 2 is 1.91 bits per heavy atom. The van der Waals surface area contributed by atoms with E-state index in [0.29, 0.717) is 5.41 Å². The molecule has 0 unspecified atom stereocenters. The smallest absolute Gasteiger partial charge is 0.0121 e. The Kier molecular flexibility index (Phi) is 2.29. The van der Waals surface area contributed by atoms with E-state index in [1.54, 1.807) is 0 Å². The Morgan fingerprint density at radius 1 is 1.36 bits per heavy atom. The highest BCUT2D eigenvalue weighted by Crippen LogP contribution is 2.35. The van der Waals surface area contributed by atoms with Crippen molar-refractivity contribution in [3.63, 3.8) is 0 Å². The second-order valence-corrected chi connectivity index (χ2v) is 5.09. The van der Waals surface area contributed by atoms with E-state index in [-0.39, 0.29) is 0 Å². The summed E-state index contributed by atoms with van der Waals surface area (Å²) in [5.74, 6) is 0.807. The van der Waals surface area contributed by atoms with Crippen LogP contribution in [0.15, 0.2) is 0 Å². The molecule has 1 heteroatoms. The molecule has 0 spiro atoms. The largest absolute Gasteiger partial charge is 0.303 e. The van der Waals surface area contributed by atoms with E-state index in [1.807, 2.05) is 0 Å². The zero-order chi connectivity index (χ0) is 8.65. The van der Waals surface area contributed by atoms with Gasteiger partial charge in [0, 0.05) is 12.6 Å². The second kappa shape index (κ2) is 2.78. The van der Waals surface area contributed by atoms with Crippen LogP contribution in [0.1, 0.15) is 34.1 Å². The van der Waals surface area contributed by atoms with Gasteiger partial charge < -0.3 is 4.90 Å². The number of hydrogen-bond donors (Lipinski definition) is 0. The lowest BCUT2D eigenvalue weighted by atomic mass is 9.88. The first-order valence-electron chi connectivity index (χ1n) is 4.63. The molecule has 0 aromatic carbocycles. The molecule has 0 aromatic heterocycles. The van der Waals surface area contributed by atoms with Crippen molar-refractivity contribution in [3.8, 4) is 0 Å². The van der Waals surface area contributed by atoms with Gasteiger partial charge in [-0.25, -0.2) is 0 Å². The monoisotopic (exact) mass is 155 g/mol. The fourth-order valence-corrected chi connectivity index (χ4v) is 2.32. The molecule has 1 fully saturated rings. The topological polar surface area (TPSA) is 3.24 Å². The predicted octanol–water partition coefficient (Wildman–Crippen LogP) is 2.37. The Labute approximate surface area is 70.8 Å². The fourth-order valence-electron chi connectivity index (χ4n) is 2.32. The molecule has 0 amide bonds. The van der Waals surface area contributed by atoms with E-state index in [9.17, 15) is 0 Å². The lowest BCUT2D eigenvalue weighted by Crippen LogP contribution is -2.29. The van der Waals surface area contributed by atoms with E-state index in [4.69, 9.17) is 0 Å². The Bertz CT molecular complexity index is 138. The van der Waals surface area contributed by atoms with E-state index in [2.05, 4.69) is 39.6 Å². The average Bonchev–Trinajstić information content (AvgIpc) is 2.05. The summed E-state index contributed by atoms with van der Waals surface area (Å²) in [7, 11) is 2.25. The van der Waals surface area contributed by atoms with E-state index in [1.165, 1.54) is 13.0 Å². The number of likely N-dealkylation sites (tertiary alicyclic amines) is 1. The van der Waals surface area contributed by atoms with Crippen LogP contribution in [-0.2, 0) is 0 Å². The van der Waals surface area contributed by atoms with Gasteiger partial charge in [-0.15, -0.1) is 0 Å². The maximum atomic E-state index is 2.50. The predicted molar refractivity (Wildman–Crippen MR) is 49.7 cm³/mol. The molecule has 1 heterocycles. The minimum absolute atomic E-state index is 0.545. The minimum Gasteiger partial charge on any atom is -0.303 e. The van der Waals surface area contributed by atoms with Crippen LogP contribution in [0.2, 0.25) is 0 Å². The molecule has 0 N–H and O–H groups in total. The average molecular weight is 155 g/mol. The van der Waals surface area contributed by atoms with Gasteiger partial charge in [0.2, 0.25) is 0 Å². The van der Waals surface area contributed by atoms with Crippen LogP contribution < -0.4 is 0 Å². The molecule has 1 aliphatic rings.